The molecule has 0 spiro atoms. The van der Waals surface area contributed by atoms with Crippen LogP contribution in [0.4, 0.5) is 0 Å². The molecule has 1 aromatic rings. The fraction of sp³-hybridized carbons (Fsp3) is 0.684. The van der Waals surface area contributed by atoms with Crippen LogP contribution in [0.25, 0.3) is 0 Å². The molecular formula is C19H32N2. The van der Waals surface area contributed by atoms with Crippen molar-refractivity contribution < 1.29 is 0 Å². The maximum absolute atomic E-state index is 3.55. The molecule has 2 heteroatoms. The second-order valence-corrected chi connectivity index (χ2v) is 6.83. The van der Waals surface area contributed by atoms with Gasteiger partial charge < -0.3 is 5.32 Å². The zero-order valence-corrected chi connectivity index (χ0v) is 14.4. The van der Waals surface area contributed by atoms with Crippen LogP contribution >= 0.6 is 0 Å². The van der Waals surface area contributed by atoms with Crippen molar-refractivity contribution in [1.29, 1.82) is 0 Å². The molecule has 21 heavy (non-hydrogen) atoms. The zero-order valence-electron chi connectivity index (χ0n) is 14.4. The van der Waals surface area contributed by atoms with Crippen molar-refractivity contribution in [2.45, 2.75) is 65.1 Å². The number of aryl methyl sites for hydroxylation is 1. The minimum absolute atomic E-state index is 0.406. The minimum atomic E-state index is 0.406. The molecule has 0 amide bonds. The molecule has 0 radical (unpaired) electrons. The number of rotatable bonds is 5. The van der Waals surface area contributed by atoms with E-state index in [9.17, 15) is 0 Å². The summed E-state index contributed by atoms with van der Waals surface area (Å²) in [6, 6.07) is 10.8. The van der Waals surface area contributed by atoms with Crippen molar-refractivity contribution in [2.24, 2.45) is 5.92 Å². The Kier molecular flexibility index (Phi) is 5.83. The van der Waals surface area contributed by atoms with E-state index in [0.29, 0.717) is 18.1 Å². The first-order valence-corrected chi connectivity index (χ1v) is 8.58. The van der Waals surface area contributed by atoms with Gasteiger partial charge in [-0.25, -0.2) is 0 Å². The van der Waals surface area contributed by atoms with Crippen molar-refractivity contribution in [1.82, 2.24) is 10.2 Å². The van der Waals surface area contributed by atoms with E-state index in [1.165, 1.54) is 30.5 Å². The maximum Gasteiger partial charge on any atom is 0.0473 e. The quantitative estimate of drug-likeness (QED) is 0.880. The Morgan fingerprint density at radius 2 is 1.86 bits per heavy atom. The van der Waals surface area contributed by atoms with Gasteiger partial charge in [-0.1, -0.05) is 38.1 Å². The predicted octanol–water partition coefficient (Wildman–Crippen LogP) is 4.02. The number of hydrogen-bond acceptors (Lipinski definition) is 2. The molecule has 0 aromatic heterocycles. The summed E-state index contributed by atoms with van der Waals surface area (Å²) in [4.78, 5) is 2.70. The van der Waals surface area contributed by atoms with Gasteiger partial charge in [0.15, 0.2) is 0 Å². The molecule has 1 heterocycles. The van der Waals surface area contributed by atoms with Gasteiger partial charge in [0.1, 0.15) is 0 Å². The highest BCUT2D eigenvalue weighted by Gasteiger charge is 2.31. The van der Waals surface area contributed by atoms with E-state index < -0.39 is 0 Å². The second-order valence-electron chi connectivity index (χ2n) is 6.83. The van der Waals surface area contributed by atoms with Crippen LogP contribution < -0.4 is 5.32 Å². The van der Waals surface area contributed by atoms with Gasteiger partial charge in [0.05, 0.1) is 0 Å². The van der Waals surface area contributed by atoms with Crippen molar-refractivity contribution in [2.75, 3.05) is 13.6 Å². The van der Waals surface area contributed by atoms with Crippen LogP contribution in [0, 0.1) is 5.92 Å². The number of nitrogens with zero attached hydrogens (tertiary/aromatic N) is 1. The average molecular weight is 288 g/mol. The topological polar surface area (TPSA) is 15.3 Å². The summed E-state index contributed by atoms with van der Waals surface area (Å²) in [6.07, 6.45) is 3.82. The lowest BCUT2D eigenvalue weighted by molar-refractivity contribution is 0.0667. The Morgan fingerprint density at radius 3 is 2.43 bits per heavy atom. The highest BCUT2D eigenvalue weighted by atomic mass is 15.2. The van der Waals surface area contributed by atoms with Gasteiger partial charge in [0.25, 0.3) is 0 Å². The lowest BCUT2D eigenvalue weighted by atomic mass is 9.90. The summed E-state index contributed by atoms with van der Waals surface area (Å²) in [5.41, 5.74) is 2.83. The summed E-state index contributed by atoms with van der Waals surface area (Å²) < 4.78 is 0. The monoisotopic (exact) mass is 288 g/mol. The van der Waals surface area contributed by atoms with Crippen molar-refractivity contribution >= 4 is 0 Å². The molecule has 118 valence electrons. The highest BCUT2D eigenvalue weighted by Crippen LogP contribution is 2.29. The molecule has 1 aliphatic heterocycles. The summed E-state index contributed by atoms with van der Waals surface area (Å²) in [5, 5.41) is 3.55. The third-order valence-electron chi connectivity index (χ3n) is 5.23. The Balaban J connectivity index is 2.14. The first-order chi connectivity index (χ1) is 10.1. The lowest BCUT2D eigenvalue weighted by Gasteiger charge is -2.43. The van der Waals surface area contributed by atoms with E-state index in [1.54, 1.807) is 0 Å². The minimum Gasteiger partial charge on any atom is -0.312 e. The molecule has 1 saturated heterocycles. The molecule has 1 aromatic carbocycles. The highest BCUT2D eigenvalue weighted by molar-refractivity contribution is 5.26. The van der Waals surface area contributed by atoms with Gasteiger partial charge >= 0.3 is 0 Å². The Labute approximate surface area is 130 Å². The Hall–Kier alpha value is -0.860. The van der Waals surface area contributed by atoms with Crippen molar-refractivity contribution in [3.63, 3.8) is 0 Å². The average Bonchev–Trinajstić information content (AvgIpc) is 2.51. The summed E-state index contributed by atoms with van der Waals surface area (Å²) in [7, 11) is 2.09. The van der Waals surface area contributed by atoms with Gasteiger partial charge in [0, 0.05) is 24.7 Å². The van der Waals surface area contributed by atoms with Crippen LogP contribution in [0.5, 0.6) is 0 Å². The molecule has 4 atom stereocenters. The van der Waals surface area contributed by atoms with Crippen LogP contribution in [-0.2, 0) is 6.42 Å². The van der Waals surface area contributed by atoms with Gasteiger partial charge in [-0.05, 0) is 57.2 Å². The summed E-state index contributed by atoms with van der Waals surface area (Å²) in [5.74, 6) is 0.823. The van der Waals surface area contributed by atoms with Gasteiger partial charge in [-0.2, -0.15) is 0 Å². The smallest absolute Gasteiger partial charge is 0.0473 e. The van der Waals surface area contributed by atoms with Crippen LogP contribution in [0.3, 0.4) is 0 Å². The zero-order chi connectivity index (χ0) is 15.4. The molecule has 1 aliphatic rings. The SMILES string of the molecule is CCc1ccc(C(NC)C(C)N2CC(C)CCC2C)cc1. The molecule has 2 nitrogen and oxygen atoms in total. The summed E-state index contributed by atoms with van der Waals surface area (Å²) >= 11 is 0. The van der Waals surface area contributed by atoms with E-state index in [4.69, 9.17) is 0 Å². The molecule has 0 bridgehead atoms. The van der Waals surface area contributed by atoms with E-state index >= 15 is 0 Å². The molecule has 2 rings (SSSR count). The number of likely N-dealkylation sites (N-methyl/N-ethyl adjacent to an activating group) is 1. The third-order valence-corrected chi connectivity index (χ3v) is 5.23. The van der Waals surface area contributed by atoms with Crippen molar-refractivity contribution in [3.8, 4) is 0 Å². The molecule has 1 fully saturated rings. The molecule has 0 saturated carbocycles. The van der Waals surface area contributed by atoms with Crippen LogP contribution in [-0.4, -0.2) is 30.6 Å². The predicted molar refractivity (Wildman–Crippen MR) is 91.6 cm³/mol. The fourth-order valence-electron chi connectivity index (χ4n) is 3.73. The largest absolute Gasteiger partial charge is 0.312 e. The lowest BCUT2D eigenvalue weighted by Crippen LogP contribution is -2.50. The fourth-order valence-corrected chi connectivity index (χ4v) is 3.73. The molecule has 0 aliphatic carbocycles. The first-order valence-electron chi connectivity index (χ1n) is 8.58. The number of nitrogens with one attached hydrogen (secondary N) is 1. The van der Waals surface area contributed by atoms with E-state index in [2.05, 4.69) is 69.2 Å². The van der Waals surface area contributed by atoms with E-state index in [1.807, 2.05) is 0 Å². The number of benzene rings is 1. The first kappa shape index (κ1) is 16.5. The number of likely N-dealkylation sites (tertiary alicyclic amines) is 1. The van der Waals surface area contributed by atoms with Gasteiger partial charge in [-0.15, -0.1) is 0 Å². The standard InChI is InChI=1S/C19H32N2/c1-6-17-9-11-18(12-10-17)19(20-5)16(4)21-13-14(2)7-8-15(21)3/h9-12,14-16,19-20H,6-8,13H2,1-5H3. The van der Waals surface area contributed by atoms with Crippen molar-refractivity contribution in [3.05, 3.63) is 35.4 Å². The Morgan fingerprint density at radius 1 is 1.19 bits per heavy atom. The van der Waals surface area contributed by atoms with Gasteiger partial charge in [-0.3, -0.25) is 4.90 Å². The van der Waals surface area contributed by atoms with Gasteiger partial charge in [0.2, 0.25) is 0 Å². The van der Waals surface area contributed by atoms with Crippen LogP contribution in [0.15, 0.2) is 24.3 Å². The third kappa shape index (κ3) is 3.87. The molecular weight excluding hydrogens is 256 g/mol. The molecule has 1 N–H and O–H groups in total. The Bertz CT molecular complexity index is 426. The van der Waals surface area contributed by atoms with E-state index in [0.717, 1.165) is 12.3 Å². The summed E-state index contributed by atoms with van der Waals surface area (Å²) in [6.45, 7) is 10.6. The normalized spacial score (nSPS) is 26.5. The number of hydrogen-bond donors (Lipinski definition) is 1. The van der Waals surface area contributed by atoms with E-state index in [-0.39, 0.29) is 0 Å². The molecule has 4 unspecified atom stereocenters. The number of piperidine rings is 1. The second kappa shape index (κ2) is 7.42. The maximum atomic E-state index is 3.55. The van der Waals surface area contributed by atoms with Crippen LogP contribution in [0.1, 0.15) is 57.7 Å². The van der Waals surface area contributed by atoms with Crippen LogP contribution in [0.2, 0.25) is 0 Å².